The van der Waals surface area contributed by atoms with E-state index in [0.717, 1.165) is 50.2 Å². The van der Waals surface area contributed by atoms with E-state index >= 15 is 0 Å². The zero-order chi connectivity index (χ0) is 43.6. The normalized spacial score (nSPS) is 15.2. The summed E-state index contributed by atoms with van der Waals surface area (Å²) >= 11 is 0.526. The first-order chi connectivity index (χ1) is 29.1. The third-order valence-corrected chi connectivity index (χ3v) is 12.8. The molecule has 0 saturated carbocycles. The van der Waals surface area contributed by atoms with Crippen LogP contribution in [0.4, 0.5) is 11.4 Å². The largest absolute Gasteiger partial charge is 1.00 e. The third-order valence-electron chi connectivity index (χ3n) is 11.4. The standard InChI is InChI=1S/C45H47N5O9S2.2Na/c1-45(2)39(16-9-6-8-15-35-32-14-12-13-31-34(47(3)4)20-21-36(43(31)32)48(35)5)49(25-11-7-10-17-40(51)46-24-26-50-41(52)22-23-42(50)53)37-19-18-30-33(44(37)45)27-29(61(55,56)57)28-38(30)60-59-58-54;;/h6,8-9,12-16,18-23,27-28H,7,10-11,17,24-26H2,1-5H3,(H2-,46,51,54,55,56,57);;/q;2*+1/p-1. The Hall–Kier alpha value is -3.62. The first-order valence-corrected chi connectivity index (χ1v) is 22.0. The number of nitrogens with one attached hydrogen (secondary N) is 1. The number of nitrogens with zero attached hydrogens (tertiary/aromatic N) is 4. The molecule has 7 rings (SSSR count). The summed E-state index contributed by atoms with van der Waals surface area (Å²) in [5.41, 5.74) is 4.16. The number of amides is 3. The van der Waals surface area contributed by atoms with Crippen molar-refractivity contribution in [3.05, 3.63) is 102 Å². The number of hydrogen-bond donors (Lipinski definition) is 1. The molecular weight excluding hydrogens is 865 g/mol. The molecule has 14 nitrogen and oxygen atoms in total. The molecule has 0 atom stereocenters. The maximum absolute atomic E-state index is 12.6. The maximum atomic E-state index is 12.6. The molecule has 63 heavy (non-hydrogen) atoms. The van der Waals surface area contributed by atoms with Crippen LogP contribution >= 0.6 is 12.0 Å². The van der Waals surface area contributed by atoms with Crippen LogP contribution in [0.1, 0.15) is 45.1 Å². The van der Waals surface area contributed by atoms with Gasteiger partial charge in [-0.25, -0.2) is 8.42 Å². The molecule has 0 radical (unpaired) electrons. The predicted octanol–water partition coefficient (Wildman–Crippen LogP) is -1.02. The average molecular weight is 911 g/mol. The first kappa shape index (κ1) is 50.4. The Morgan fingerprint density at radius 3 is 2.37 bits per heavy atom. The minimum atomic E-state index is -4.89. The van der Waals surface area contributed by atoms with Gasteiger partial charge in [-0.15, -0.1) is 0 Å². The van der Waals surface area contributed by atoms with Crippen LogP contribution in [-0.2, 0) is 46.3 Å². The van der Waals surface area contributed by atoms with Crippen LogP contribution < -0.4 is 79.9 Å². The molecule has 0 bridgehead atoms. The Labute approximate surface area is 414 Å². The number of allylic oxidation sites excluding steroid dienone is 4. The van der Waals surface area contributed by atoms with E-state index in [4.69, 9.17) is 0 Å². The summed E-state index contributed by atoms with van der Waals surface area (Å²) in [5.74, 6) is -0.955. The molecule has 0 aliphatic carbocycles. The van der Waals surface area contributed by atoms with E-state index in [1.54, 1.807) is 6.07 Å². The van der Waals surface area contributed by atoms with Gasteiger partial charge in [0.2, 0.25) is 11.6 Å². The quantitative estimate of drug-likeness (QED) is 0.0139. The second-order valence-corrected chi connectivity index (χ2v) is 17.8. The molecule has 2 aliphatic heterocycles. The van der Waals surface area contributed by atoms with Crippen molar-refractivity contribution in [2.24, 2.45) is 7.05 Å². The molecule has 0 unspecified atom stereocenters. The summed E-state index contributed by atoms with van der Waals surface area (Å²) in [6, 6.07) is 16.9. The molecule has 318 valence electrons. The van der Waals surface area contributed by atoms with E-state index in [-0.39, 0.29) is 89.4 Å². The predicted molar refractivity (Wildman–Crippen MR) is 233 cm³/mol. The number of fused-ring (bicyclic) bond motifs is 3. The molecule has 5 aromatic rings. The number of aromatic nitrogens is 1. The van der Waals surface area contributed by atoms with Crippen molar-refractivity contribution in [1.29, 1.82) is 0 Å². The number of carbonyl (C=O) groups is 3. The first-order valence-electron chi connectivity index (χ1n) is 19.8. The number of aryl methyl sites for hydroxylation is 1. The Morgan fingerprint density at radius 1 is 0.937 bits per heavy atom. The Bertz CT molecular complexity index is 2870. The van der Waals surface area contributed by atoms with Crippen molar-refractivity contribution in [1.82, 2.24) is 14.8 Å². The van der Waals surface area contributed by atoms with Gasteiger partial charge in [0.15, 0.2) is 5.71 Å². The van der Waals surface area contributed by atoms with E-state index < -0.39 is 32.2 Å². The minimum Gasteiger partial charge on any atom is -0.744 e. The van der Waals surface area contributed by atoms with Crippen LogP contribution in [0, 0.1) is 0 Å². The zero-order valence-corrected chi connectivity index (χ0v) is 42.1. The fourth-order valence-electron chi connectivity index (χ4n) is 8.55. The molecule has 3 heterocycles. The van der Waals surface area contributed by atoms with Crippen molar-refractivity contribution in [3.63, 3.8) is 0 Å². The zero-order valence-electron chi connectivity index (χ0n) is 36.5. The van der Waals surface area contributed by atoms with Crippen LogP contribution in [0.2, 0.25) is 0 Å². The van der Waals surface area contributed by atoms with Crippen molar-refractivity contribution in [3.8, 4) is 0 Å². The fourth-order valence-corrected chi connectivity index (χ4v) is 9.69. The van der Waals surface area contributed by atoms with Gasteiger partial charge in [-0.1, -0.05) is 36.4 Å². The average Bonchev–Trinajstić information content (AvgIpc) is 3.77. The molecule has 4 aromatic carbocycles. The summed E-state index contributed by atoms with van der Waals surface area (Å²) in [6.45, 7) is 4.92. The summed E-state index contributed by atoms with van der Waals surface area (Å²) in [7, 11) is 1.26. The number of imide groups is 1. The smallest absolute Gasteiger partial charge is 0.744 e. The van der Waals surface area contributed by atoms with Gasteiger partial charge in [0.05, 0.1) is 22.4 Å². The van der Waals surface area contributed by atoms with Gasteiger partial charge in [-0.05, 0) is 73.9 Å². The SMILES string of the molecule is CN(C)c1ccc2c3c1cccc3\c(=C/C=C/C=C/C1=[N+](CCCCCC(=O)NCCN3C(=O)C=CC3=O)c3ccc4c(SOO[O-])cc(S(=O)(=O)[O-])cc4c3C1(C)C)n2C.[Na+].[Na+]. The van der Waals surface area contributed by atoms with E-state index in [9.17, 15) is 32.6 Å². The van der Waals surface area contributed by atoms with Gasteiger partial charge in [0.1, 0.15) is 16.7 Å². The van der Waals surface area contributed by atoms with E-state index in [2.05, 4.69) is 72.2 Å². The monoisotopic (exact) mass is 910 g/mol. The molecule has 1 N–H and O–H groups in total. The van der Waals surface area contributed by atoms with Crippen molar-refractivity contribution < 1.29 is 106 Å². The van der Waals surface area contributed by atoms with Crippen LogP contribution in [0.5, 0.6) is 0 Å². The topological polar surface area (TPSA) is 176 Å². The molecule has 0 fully saturated rings. The van der Waals surface area contributed by atoms with Crippen LogP contribution in [-0.4, -0.2) is 84.2 Å². The van der Waals surface area contributed by atoms with E-state index in [1.165, 1.54) is 35.1 Å². The van der Waals surface area contributed by atoms with Gasteiger partial charge in [0, 0.05) is 115 Å². The molecule has 2 aliphatic rings. The number of benzene rings is 4. The number of rotatable bonds is 17. The van der Waals surface area contributed by atoms with Crippen LogP contribution in [0.3, 0.4) is 0 Å². The number of unbranched alkanes of at least 4 members (excludes halogenated alkanes) is 2. The van der Waals surface area contributed by atoms with Gasteiger partial charge < -0.3 is 24.6 Å². The van der Waals surface area contributed by atoms with Crippen LogP contribution in [0.25, 0.3) is 38.5 Å². The molecule has 18 heteroatoms. The molecule has 0 spiro atoms. The Morgan fingerprint density at radius 2 is 1.67 bits per heavy atom. The summed E-state index contributed by atoms with van der Waals surface area (Å²) in [5, 5.41) is 22.8. The Balaban J connectivity index is 0.00000374. The molecule has 3 amide bonds. The fraction of sp³-hybridized carbons (Fsp3) is 0.289. The van der Waals surface area contributed by atoms with Gasteiger partial charge in [-0.2, -0.15) is 8.91 Å². The second-order valence-electron chi connectivity index (χ2n) is 15.7. The van der Waals surface area contributed by atoms with Gasteiger partial charge >= 0.3 is 59.1 Å². The van der Waals surface area contributed by atoms with Crippen molar-refractivity contribution >= 4 is 95.5 Å². The summed E-state index contributed by atoms with van der Waals surface area (Å²) in [4.78, 5) is 39.1. The minimum absolute atomic E-state index is 0. The molecule has 0 saturated heterocycles. The van der Waals surface area contributed by atoms with Crippen molar-refractivity contribution in [2.75, 3.05) is 38.6 Å². The maximum Gasteiger partial charge on any atom is 1.00 e. The summed E-state index contributed by atoms with van der Waals surface area (Å²) < 4.78 is 46.0. The van der Waals surface area contributed by atoms with Crippen LogP contribution in [0.15, 0.2) is 101 Å². The summed E-state index contributed by atoms with van der Waals surface area (Å²) in [6.07, 6.45) is 14.8. The molecule has 1 aromatic heterocycles. The van der Waals surface area contributed by atoms with E-state index in [1.807, 2.05) is 58.3 Å². The van der Waals surface area contributed by atoms with Gasteiger partial charge in [-0.3, -0.25) is 24.3 Å². The Kier molecular flexibility index (Phi) is 16.9. The number of anilines is 1. The van der Waals surface area contributed by atoms with E-state index in [0.29, 0.717) is 42.2 Å². The number of carbonyl (C=O) groups excluding carboxylic acids is 3. The number of hydrogen-bond acceptors (Lipinski definition) is 11. The third kappa shape index (κ3) is 10.4. The molecular formula is C45H46N5Na2O9S2+. The second kappa shape index (κ2) is 21.1. The van der Waals surface area contributed by atoms with Crippen molar-refractivity contribution in [2.45, 2.75) is 54.7 Å². The van der Waals surface area contributed by atoms with Gasteiger partial charge in [0.25, 0.3) is 11.8 Å².